The summed E-state index contributed by atoms with van der Waals surface area (Å²) >= 11 is 0. The summed E-state index contributed by atoms with van der Waals surface area (Å²) in [5.74, 6) is 0.679. The fraction of sp³-hybridized carbons (Fsp3) is 0.264. The smallest absolute Gasteiger partial charge is 0.330 e. The molecule has 318 valence electrons. The van der Waals surface area contributed by atoms with Gasteiger partial charge in [0.2, 0.25) is 5.69 Å². The van der Waals surface area contributed by atoms with Crippen molar-refractivity contribution in [3.63, 3.8) is 0 Å². The standard InChI is InChI=1S/C53H56N3O6/c1-9-49(57)61-33-31-54-45-27-25-41(59-7)35-43(45)52(3,4)47(54)29-23-37-21-22-38(51(37)56(39-17-13-11-14-18-39)40-19-15-12-16-20-40)24-30-48-53(5,6)44-36-42(60-8)26-28-46(44)55(48)32-34-62-50(58)10-2/h9-20,23-30,35-36H,1-2,21-22,31-34H2,3-8H3/q+1. The third-order valence-electron chi connectivity index (χ3n) is 12.1. The molecule has 2 heterocycles. The molecule has 0 N–H and O–H groups in total. The largest absolute Gasteiger partial charge is 0.497 e. The molecule has 4 aromatic carbocycles. The highest BCUT2D eigenvalue weighted by Gasteiger charge is 2.45. The summed E-state index contributed by atoms with van der Waals surface area (Å²) in [6, 6.07) is 33.3. The molecule has 0 saturated carbocycles. The fourth-order valence-electron chi connectivity index (χ4n) is 8.88. The zero-order chi connectivity index (χ0) is 44.0. The molecule has 0 fully saturated rings. The van der Waals surface area contributed by atoms with E-state index in [9.17, 15) is 9.59 Å². The van der Waals surface area contributed by atoms with Crippen molar-refractivity contribution in [1.29, 1.82) is 0 Å². The van der Waals surface area contributed by atoms with E-state index in [-0.39, 0.29) is 24.0 Å². The summed E-state index contributed by atoms with van der Waals surface area (Å²) in [6.45, 7) is 17.4. The van der Waals surface area contributed by atoms with E-state index in [1.54, 1.807) is 14.2 Å². The van der Waals surface area contributed by atoms with Gasteiger partial charge in [0, 0.05) is 58.0 Å². The minimum atomic E-state index is -0.448. The lowest BCUT2D eigenvalue weighted by atomic mass is 9.81. The Labute approximate surface area is 365 Å². The number of hydrogen-bond donors (Lipinski definition) is 0. The van der Waals surface area contributed by atoms with Gasteiger partial charge in [-0.3, -0.25) is 0 Å². The molecule has 0 radical (unpaired) electrons. The number of methoxy groups -OCH3 is 2. The lowest BCUT2D eigenvalue weighted by molar-refractivity contribution is -0.440. The molecule has 2 aliphatic heterocycles. The summed E-state index contributed by atoms with van der Waals surface area (Å²) in [5, 5.41) is 0. The minimum absolute atomic E-state index is 0.204. The topological polar surface area (TPSA) is 80.5 Å². The molecule has 0 saturated heterocycles. The van der Waals surface area contributed by atoms with Crippen molar-refractivity contribution in [2.24, 2.45) is 0 Å². The lowest BCUT2D eigenvalue weighted by Crippen LogP contribution is -2.29. The Balaban J connectivity index is 1.38. The van der Waals surface area contributed by atoms with Crippen LogP contribution in [0.3, 0.4) is 0 Å². The molecule has 0 bridgehead atoms. The van der Waals surface area contributed by atoms with Crippen LogP contribution in [-0.2, 0) is 29.9 Å². The molecule has 0 spiro atoms. The second-order valence-electron chi connectivity index (χ2n) is 16.4. The Morgan fingerprint density at radius 2 is 1.32 bits per heavy atom. The van der Waals surface area contributed by atoms with Gasteiger partial charge < -0.3 is 28.7 Å². The number of para-hydroxylation sites is 2. The number of carbonyl (C=O) groups is 2. The Bertz CT molecular complexity index is 2490. The van der Waals surface area contributed by atoms with E-state index in [1.807, 2.05) is 24.3 Å². The van der Waals surface area contributed by atoms with E-state index in [0.29, 0.717) is 13.1 Å². The van der Waals surface area contributed by atoms with E-state index in [2.05, 4.69) is 152 Å². The van der Waals surface area contributed by atoms with E-state index >= 15 is 0 Å². The van der Waals surface area contributed by atoms with Gasteiger partial charge in [0.25, 0.3) is 0 Å². The molecule has 9 nitrogen and oxygen atoms in total. The second kappa shape index (κ2) is 18.4. The predicted octanol–water partition coefficient (Wildman–Crippen LogP) is 10.6. The Morgan fingerprint density at radius 3 is 1.94 bits per heavy atom. The van der Waals surface area contributed by atoms with Crippen molar-refractivity contribution in [1.82, 2.24) is 0 Å². The van der Waals surface area contributed by atoms with Gasteiger partial charge in [-0.25, -0.2) is 9.59 Å². The molecular formula is C53H56N3O6+. The number of fused-ring (bicyclic) bond motifs is 2. The number of hydrogen-bond acceptors (Lipinski definition) is 8. The maximum absolute atomic E-state index is 12.1. The average Bonchev–Trinajstić information content (AvgIpc) is 3.85. The minimum Gasteiger partial charge on any atom is -0.497 e. The van der Waals surface area contributed by atoms with Crippen LogP contribution in [0.2, 0.25) is 0 Å². The van der Waals surface area contributed by atoms with E-state index < -0.39 is 11.9 Å². The first-order valence-corrected chi connectivity index (χ1v) is 21.0. The molecule has 7 rings (SSSR count). The summed E-state index contributed by atoms with van der Waals surface area (Å²) in [4.78, 5) is 28.8. The van der Waals surface area contributed by atoms with E-state index in [0.717, 1.165) is 75.3 Å². The molecule has 3 aliphatic rings. The summed E-state index contributed by atoms with van der Waals surface area (Å²) in [7, 11) is 3.37. The zero-order valence-corrected chi connectivity index (χ0v) is 36.6. The van der Waals surface area contributed by atoms with Crippen molar-refractivity contribution in [2.45, 2.75) is 51.4 Å². The van der Waals surface area contributed by atoms with Gasteiger partial charge in [0.1, 0.15) is 18.1 Å². The first-order chi connectivity index (χ1) is 29.9. The predicted molar refractivity (Wildman–Crippen MR) is 248 cm³/mol. The van der Waals surface area contributed by atoms with Crippen LogP contribution in [-0.4, -0.2) is 62.7 Å². The highest BCUT2D eigenvalue weighted by Crippen LogP contribution is 2.50. The monoisotopic (exact) mass is 830 g/mol. The van der Waals surface area contributed by atoms with Gasteiger partial charge in [-0.2, -0.15) is 4.58 Å². The Morgan fingerprint density at radius 1 is 0.726 bits per heavy atom. The number of nitrogens with zero attached hydrogens (tertiary/aromatic N) is 3. The Kier molecular flexibility index (Phi) is 12.8. The molecule has 1 aliphatic carbocycles. The zero-order valence-electron chi connectivity index (χ0n) is 36.6. The SMILES string of the molecule is C=CC(=O)OCCN1/C(=C/C=C2\CCC(/C=C/C3=[N+](CCOC(=O)C=C)c4ccc(OC)cc4C3(C)C)=C2N(c2ccccc2)c2ccccc2)C(C)(C)c2cc(OC)ccc21. The molecule has 0 amide bonds. The number of rotatable bonds is 16. The highest BCUT2D eigenvalue weighted by atomic mass is 16.5. The Hall–Kier alpha value is -6.87. The normalized spacial score (nSPS) is 17.4. The van der Waals surface area contributed by atoms with Crippen molar-refractivity contribution in [2.75, 3.05) is 50.3 Å². The van der Waals surface area contributed by atoms with Crippen LogP contribution in [0.15, 0.2) is 169 Å². The number of carbonyl (C=O) groups excluding carboxylic acids is 2. The van der Waals surface area contributed by atoms with Crippen molar-refractivity contribution < 1.29 is 33.1 Å². The number of esters is 2. The van der Waals surface area contributed by atoms with Crippen LogP contribution in [0.1, 0.15) is 51.7 Å². The maximum Gasteiger partial charge on any atom is 0.330 e. The van der Waals surface area contributed by atoms with Crippen LogP contribution in [0.25, 0.3) is 0 Å². The number of ether oxygens (including phenoxy) is 4. The average molecular weight is 831 g/mol. The fourth-order valence-corrected chi connectivity index (χ4v) is 8.88. The number of allylic oxidation sites excluding steroid dienone is 7. The van der Waals surface area contributed by atoms with Gasteiger partial charge >= 0.3 is 11.9 Å². The summed E-state index contributed by atoms with van der Waals surface area (Å²) in [5.41, 5.74) is 11.3. The second-order valence-corrected chi connectivity index (χ2v) is 16.4. The van der Waals surface area contributed by atoms with Gasteiger partial charge in [0.05, 0.1) is 31.9 Å². The van der Waals surface area contributed by atoms with Crippen molar-refractivity contribution >= 4 is 40.4 Å². The van der Waals surface area contributed by atoms with Crippen molar-refractivity contribution in [3.05, 3.63) is 180 Å². The molecule has 4 aromatic rings. The van der Waals surface area contributed by atoms with Crippen LogP contribution < -0.4 is 19.3 Å². The van der Waals surface area contributed by atoms with Gasteiger partial charge in [-0.1, -0.05) is 75.6 Å². The third kappa shape index (κ3) is 8.53. The van der Waals surface area contributed by atoms with Crippen LogP contribution in [0.4, 0.5) is 22.7 Å². The first-order valence-electron chi connectivity index (χ1n) is 21.0. The molecule has 0 unspecified atom stereocenters. The van der Waals surface area contributed by atoms with Gasteiger partial charge in [-0.05, 0) is 104 Å². The summed E-state index contributed by atoms with van der Waals surface area (Å²) in [6.07, 6.45) is 13.0. The van der Waals surface area contributed by atoms with Gasteiger partial charge in [0.15, 0.2) is 18.9 Å². The van der Waals surface area contributed by atoms with Crippen LogP contribution in [0.5, 0.6) is 11.5 Å². The van der Waals surface area contributed by atoms with Crippen LogP contribution in [0, 0.1) is 0 Å². The number of benzene rings is 4. The van der Waals surface area contributed by atoms with E-state index in [4.69, 9.17) is 18.9 Å². The van der Waals surface area contributed by atoms with E-state index in [1.165, 1.54) is 23.3 Å². The highest BCUT2D eigenvalue weighted by molar-refractivity contribution is 6.03. The van der Waals surface area contributed by atoms with Gasteiger partial charge in [-0.15, -0.1) is 0 Å². The number of anilines is 3. The maximum atomic E-state index is 12.1. The molecule has 0 atom stereocenters. The molecular weight excluding hydrogens is 775 g/mol. The first kappa shape index (κ1) is 43.2. The summed E-state index contributed by atoms with van der Waals surface area (Å²) < 4.78 is 24.6. The third-order valence-corrected chi connectivity index (χ3v) is 12.1. The lowest BCUT2D eigenvalue weighted by Gasteiger charge is -2.29. The molecule has 9 heteroatoms. The van der Waals surface area contributed by atoms with Crippen LogP contribution >= 0.6 is 0 Å². The molecule has 62 heavy (non-hydrogen) atoms. The van der Waals surface area contributed by atoms with Crippen molar-refractivity contribution in [3.8, 4) is 11.5 Å². The quantitative estimate of drug-likeness (QED) is 0.0628. The molecule has 0 aromatic heterocycles.